The molecule has 0 unspecified atom stereocenters. The van der Waals surface area contributed by atoms with E-state index in [0.717, 1.165) is 19.4 Å². The van der Waals surface area contributed by atoms with E-state index in [4.69, 9.17) is 9.47 Å². The molecule has 1 heterocycles. The molecule has 1 aliphatic heterocycles. The maximum Gasteiger partial charge on any atom is 0.260 e. The van der Waals surface area contributed by atoms with Crippen molar-refractivity contribution in [2.24, 2.45) is 0 Å². The molecule has 0 aromatic heterocycles. The predicted molar refractivity (Wildman–Crippen MR) is 68.5 cm³/mol. The summed E-state index contributed by atoms with van der Waals surface area (Å²) in [5, 5.41) is 2.79. The molecule has 0 spiro atoms. The van der Waals surface area contributed by atoms with Gasteiger partial charge in [-0.1, -0.05) is 0 Å². The second kappa shape index (κ2) is 6.52. The third kappa shape index (κ3) is 4.21. The lowest BCUT2D eigenvalue weighted by atomic mass is 10.2. The number of carbonyl (C=O) groups is 1. The summed E-state index contributed by atoms with van der Waals surface area (Å²) in [6.07, 6.45) is 1.52. The molecule has 1 amide bonds. The summed E-state index contributed by atoms with van der Waals surface area (Å²) in [5.41, 5.74) is 0. The highest BCUT2D eigenvalue weighted by Crippen LogP contribution is 2.13. The van der Waals surface area contributed by atoms with Crippen LogP contribution in [0.4, 0.5) is 4.39 Å². The molecule has 104 valence electrons. The predicted octanol–water partition coefficient (Wildman–Crippen LogP) is 1.89. The molecule has 1 aliphatic rings. The van der Waals surface area contributed by atoms with Crippen LogP contribution in [-0.4, -0.2) is 31.3 Å². The first-order chi connectivity index (χ1) is 9.15. The van der Waals surface area contributed by atoms with Gasteiger partial charge < -0.3 is 14.8 Å². The first kappa shape index (κ1) is 13.8. The summed E-state index contributed by atoms with van der Waals surface area (Å²) in [6, 6.07) is 5.59. The normalized spacial score (nSPS) is 20.0. The van der Waals surface area contributed by atoms with Gasteiger partial charge >= 0.3 is 0 Å². The van der Waals surface area contributed by atoms with Crippen LogP contribution in [0.15, 0.2) is 24.3 Å². The van der Waals surface area contributed by atoms with Crippen LogP contribution < -0.4 is 10.1 Å². The summed E-state index contributed by atoms with van der Waals surface area (Å²) in [6.45, 7) is 2.94. The molecular formula is C14H18FNO3. The van der Waals surface area contributed by atoms with Crippen molar-refractivity contribution in [1.82, 2.24) is 5.32 Å². The van der Waals surface area contributed by atoms with E-state index in [-0.39, 0.29) is 17.8 Å². The second-order valence-corrected chi connectivity index (χ2v) is 4.59. The van der Waals surface area contributed by atoms with Crippen molar-refractivity contribution >= 4 is 5.91 Å². The molecular weight excluding hydrogens is 249 g/mol. The van der Waals surface area contributed by atoms with Crippen LogP contribution in [0.5, 0.6) is 5.75 Å². The maximum absolute atomic E-state index is 12.7. The van der Waals surface area contributed by atoms with E-state index >= 15 is 0 Å². The Balaban J connectivity index is 1.76. The smallest absolute Gasteiger partial charge is 0.260 e. The average Bonchev–Trinajstić information content (AvgIpc) is 2.91. The van der Waals surface area contributed by atoms with E-state index in [9.17, 15) is 9.18 Å². The largest absolute Gasteiger partial charge is 0.481 e. The van der Waals surface area contributed by atoms with Crippen LogP contribution in [0.1, 0.15) is 19.8 Å². The van der Waals surface area contributed by atoms with Crippen LogP contribution in [0, 0.1) is 5.82 Å². The van der Waals surface area contributed by atoms with Crippen molar-refractivity contribution in [3.8, 4) is 5.75 Å². The highest BCUT2D eigenvalue weighted by atomic mass is 19.1. The Morgan fingerprint density at radius 3 is 2.89 bits per heavy atom. The Morgan fingerprint density at radius 2 is 2.26 bits per heavy atom. The molecule has 1 aromatic carbocycles. The summed E-state index contributed by atoms with van der Waals surface area (Å²) >= 11 is 0. The van der Waals surface area contributed by atoms with E-state index < -0.39 is 6.10 Å². The fourth-order valence-electron chi connectivity index (χ4n) is 1.93. The number of hydrogen-bond donors (Lipinski definition) is 1. The highest BCUT2D eigenvalue weighted by molar-refractivity contribution is 5.80. The minimum Gasteiger partial charge on any atom is -0.481 e. The van der Waals surface area contributed by atoms with Crippen molar-refractivity contribution in [2.45, 2.75) is 32.0 Å². The number of halogens is 1. The van der Waals surface area contributed by atoms with Gasteiger partial charge in [0.15, 0.2) is 6.10 Å². The van der Waals surface area contributed by atoms with Crippen LogP contribution in [0.25, 0.3) is 0 Å². The minimum atomic E-state index is -0.619. The Morgan fingerprint density at radius 1 is 1.53 bits per heavy atom. The van der Waals surface area contributed by atoms with Crippen LogP contribution in [0.3, 0.4) is 0 Å². The number of nitrogens with one attached hydrogen (secondary N) is 1. The van der Waals surface area contributed by atoms with Crippen molar-refractivity contribution in [1.29, 1.82) is 0 Å². The Bertz CT molecular complexity index is 415. The van der Waals surface area contributed by atoms with Crippen LogP contribution in [-0.2, 0) is 9.53 Å². The number of ether oxygens (including phenoxy) is 2. The number of amides is 1. The van der Waals surface area contributed by atoms with E-state index in [1.54, 1.807) is 6.92 Å². The molecule has 1 aromatic rings. The fourth-order valence-corrected chi connectivity index (χ4v) is 1.93. The second-order valence-electron chi connectivity index (χ2n) is 4.59. The molecule has 19 heavy (non-hydrogen) atoms. The number of rotatable bonds is 5. The van der Waals surface area contributed by atoms with Gasteiger partial charge in [0.2, 0.25) is 0 Å². The summed E-state index contributed by atoms with van der Waals surface area (Å²) < 4.78 is 23.6. The topological polar surface area (TPSA) is 47.6 Å². The van der Waals surface area contributed by atoms with Gasteiger partial charge in [-0.25, -0.2) is 4.39 Å². The molecule has 1 fully saturated rings. The zero-order valence-electron chi connectivity index (χ0n) is 10.9. The quantitative estimate of drug-likeness (QED) is 0.886. The molecule has 1 N–H and O–H groups in total. The van der Waals surface area contributed by atoms with E-state index in [1.807, 2.05) is 0 Å². The average molecular weight is 267 g/mol. The molecule has 5 heteroatoms. The maximum atomic E-state index is 12.7. The molecule has 0 bridgehead atoms. The van der Waals surface area contributed by atoms with E-state index in [0.29, 0.717) is 12.3 Å². The molecule has 2 atom stereocenters. The van der Waals surface area contributed by atoms with Gasteiger partial charge in [-0.2, -0.15) is 0 Å². The number of benzene rings is 1. The Kier molecular flexibility index (Phi) is 4.74. The Hall–Kier alpha value is -1.62. The Labute approximate surface area is 111 Å². The summed E-state index contributed by atoms with van der Waals surface area (Å²) in [7, 11) is 0. The molecule has 0 aliphatic carbocycles. The lowest BCUT2D eigenvalue weighted by Crippen LogP contribution is -2.40. The zero-order chi connectivity index (χ0) is 13.7. The van der Waals surface area contributed by atoms with Crippen molar-refractivity contribution in [2.75, 3.05) is 13.2 Å². The standard InChI is InChI=1S/C14H18FNO3/c1-10(19-12-6-4-11(15)5-7-12)14(17)16-9-13-3-2-8-18-13/h4-7,10,13H,2-3,8-9H2,1H3,(H,16,17)/t10-,13+/m0/s1. The van der Waals surface area contributed by atoms with Gasteiger partial charge in [0, 0.05) is 13.2 Å². The third-order valence-corrected chi connectivity index (χ3v) is 3.02. The summed E-state index contributed by atoms with van der Waals surface area (Å²) in [4.78, 5) is 11.8. The molecule has 0 radical (unpaired) electrons. The molecule has 0 saturated carbocycles. The van der Waals surface area contributed by atoms with Gasteiger partial charge in [-0.05, 0) is 44.0 Å². The molecule has 4 nitrogen and oxygen atoms in total. The minimum absolute atomic E-state index is 0.113. The van der Waals surface area contributed by atoms with Gasteiger partial charge in [0.05, 0.1) is 6.10 Å². The number of hydrogen-bond acceptors (Lipinski definition) is 3. The lowest BCUT2D eigenvalue weighted by molar-refractivity contribution is -0.127. The van der Waals surface area contributed by atoms with Crippen molar-refractivity contribution < 1.29 is 18.7 Å². The van der Waals surface area contributed by atoms with Crippen LogP contribution >= 0.6 is 0 Å². The lowest BCUT2D eigenvalue weighted by Gasteiger charge is -2.16. The van der Waals surface area contributed by atoms with Gasteiger partial charge in [0.1, 0.15) is 11.6 Å². The molecule has 2 rings (SSSR count). The zero-order valence-corrected chi connectivity index (χ0v) is 10.9. The van der Waals surface area contributed by atoms with E-state index in [1.165, 1.54) is 24.3 Å². The monoisotopic (exact) mass is 267 g/mol. The molecule has 1 saturated heterocycles. The van der Waals surface area contributed by atoms with Gasteiger partial charge in [-0.15, -0.1) is 0 Å². The summed E-state index contributed by atoms with van der Waals surface area (Å²) in [5.74, 6) is -0.0520. The van der Waals surface area contributed by atoms with E-state index in [2.05, 4.69) is 5.32 Å². The van der Waals surface area contributed by atoms with Crippen molar-refractivity contribution in [3.63, 3.8) is 0 Å². The first-order valence-electron chi connectivity index (χ1n) is 6.46. The third-order valence-electron chi connectivity index (χ3n) is 3.02. The SMILES string of the molecule is C[C@H](Oc1ccc(F)cc1)C(=O)NC[C@H]1CCCO1. The first-order valence-corrected chi connectivity index (χ1v) is 6.46. The van der Waals surface area contributed by atoms with Crippen LogP contribution in [0.2, 0.25) is 0 Å². The van der Waals surface area contributed by atoms with Crippen molar-refractivity contribution in [3.05, 3.63) is 30.1 Å². The fraction of sp³-hybridized carbons (Fsp3) is 0.500. The highest BCUT2D eigenvalue weighted by Gasteiger charge is 2.19. The van der Waals surface area contributed by atoms with Gasteiger partial charge in [0.25, 0.3) is 5.91 Å². The number of carbonyl (C=O) groups excluding carboxylic acids is 1. The van der Waals surface area contributed by atoms with Gasteiger partial charge in [-0.3, -0.25) is 4.79 Å².